The number of hydrogen-bond acceptors (Lipinski definition) is 1. The van der Waals surface area contributed by atoms with E-state index in [9.17, 15) is 4.39 Å². The molecular formula is C18H12BrClFN. The molecule has 0 atom stereocenters. The Kier molecular flexibility index (Phi) is 4.46. The van der Waals surface area contributed by atoms with Gasteiger partial charge in [-0.15, -0.1) is 0 Å². The van der Waals surface area contributed by atoms with Crippen LogP contribution in [0.3, 0.4) is 0 Å². The molecule has 0 spiro atoms. The summed E-state index contributed by atoms with van der Waals surface area (Å²) in [4.78, 5) is 1.96. The second-order valence-electron chi connectivity index (χ2n) is 4.73. The normalized spacial score (nSPS) is 10.5. The molecule has 0 aliphatic carbocycles. The molecule has 110 valence electrons. The smallest absolute Gasteiger partial charge is 0.140 e. The highest BCUT2D eigenvalue weighted by Gasteiger charge is 2.18. The van der Waals surface area contributed by atoms with Crippen LogP contribution in [0, 0.1) is 5.82 Å². The van der Waals surface area contributed by atoms with Gasteiger partial charge in [-0.05, 0) is 52.3 Å². The van der Waals surface area contributed by atoms with Crippen molar-refractivity contribution in [2.24, 2.45) is 0 Å². The third-order valence-electron chi connectivity index (χ3n) is 3.24. The van der Waals surface area contributed by atoms with Crippen molar-refractivity contribution in [3.8, 4) is 0 Å². The number of nitrogens with zero attached hydrogens (tertiary/aromatic N) is 1. The lowest BCUT2D eigenvalue weighted by molar-refractivity contribution is 0.621. The van der Waals surface area contributed by atoms with Crippen molar-refractivity contribution in [3.63, 3.8) is 0 Å². The van der Waals surface area contributed by atoms with Crippen LogP contribution in [0.5, 0.6) is 0 Å². The summed E-state index contributed by atoms with van der Waals surface area (Å²) in [5.74, 6) is -0.389. The van der Waals surface area contributed by atoms with Crippen LogP contribution < -0.4 is 4.90 Å². The Hall–Kier alpha value is -1.84. The van der Waals surface area contributed by atoms with Crippen LogP contribution in [-0.2, 0) is 0 Å². The van der Waals surface area contributed by atoms with Crippen LogP contribution in [0.1, 0.15) is 0 Å². The third kappa shape index (κ3) is 3.01. The van der Waals surface area contributed by atoms with E-state index in [0.717, 1.165) is 11.4 Å². The van der Waals surface area contributed by atoms with Gasteiger partial charge in [0.15, 0.2) is 0 Å². The van der Waals surface area contributed by atoms with Crippen molar-refractivity contribution in [1.82, 2.24) is 0 Å². The molecule has 1 nitrogen and oxygen atoms in total. The van der Waals surface area contributed by atoms with E-state index in [-0.39, 0.29) is 5.82 Å². The SMILES string of the molecule is Fc1cc(Cl)cc(N(c2ccccc2)c2ccccc2)c1Br. The van der Waals surface area contributed by atoms with Gasteiger partial charge in [0.2, 0.25) is 0 Å². The third-order valence-corrected chi connectivity index (χ3v) is 4.25. The first-order valence-corrected chi connectivity index (χ1v) is 7.88. The minimum absolute atomic E-state index is 0.354. The van der Waals surface area contributed by atoms with E-state index < -0.39 is 0 Å². The Labute approximate surface area is 142 Å². The highest BCUT2D eigenvalue weighted by molar-refractivity contribution is 9.10. The van der Waals surface area contributed by atoms with Gasteiger partial charge < -0.3 is 4.90 Å². The Bertz CT molecular complexity index is 738. The summed E-state index contributed by atoms with van der Waals surface area (Å²) >= 11 is 9.39. The predicted octanol–water partition coefficient (Wildman–Crippen LogP) is 6.71. The monoisotopic (exact) mass is 375 g/mol. The Balaban J connectivity index is 2.23. The van der Waals surface area contributed by atoms with Crippen molar-refractivity contribution in [1.29, 1.82) is 0 Å². The van der Waals surface area contributed by atoms with E-state index in [4.69, 9.17) is 11.6 Å². The summed E-state index contributed by atoms with van der Waals surface area (Å²) in [6.45, 7) is 0. The molecule has 4 heteroatoms. The summed E-state index contributed by atoms with van der Waals surface area (Å²) in [6, 6.07) is 22.6. The van der Waals surface area contributed by atoms with E-state index in [1.165, 1.54) is 6.07 Å². The Morgan fingerprint density at radius 3 is 1.82 bits per heavy atom. The lowest BCUT2D eigenvalue weighted by atomic mass is 10.2. The van der Waals surface area contributed by atoms with Gasteiger partial charge in [-0.2, -0.15) is 0 Å². The maximum Gasteiger partial charge on any atom is 0.140 e. The van der Waals surface area contributed by atoms with Gasteiger partial charge in [0.1, 0.15) is 5.82 Å². The quantitative estimate of drug-likeness (QED) is 0.459. The Morgan fingerprint density at radius 1 is 0.818 bits per heavy atom. The summed E-state index contributed by atoms with van der Waals surface area (Å²) < 4.78 is 14.5. The molecule has 0 radical (unpaired) electrons. The highest BCUT2D eigenvalue weighted by atomic mass is 79.9. The lowest BCUT2D eigenvalue weighted by Gasteiger charge is -2.26. The number of benzene rings is 3. The molecule has 0 aromatic heterocycles. The molecule has 0 N–H and O–H groups in total. The molecule has 22 heavy (non-hydrogen) atoms. The highest BCUT2D eigenvalue weighted by Crippen LogP contribution is 2.41. The first kappa shape index (κ1) is 15.1. The van der Waals surface area contributed by atoms with Crippen molar-refractivity contribution in [2.45, 2.75) is 0 Å². The summed E-state index contributed by atoms with van der Waals surface area (Å²) in [5, 5.41) is 0.354. The van der Waals surface area contributed by atoms with Crippen LogP contribution in [0.4, 0.5) is 21.5 Å². The molecule has 3 rings (SSSR count). The van der Waals surface area contributed by atoms with Gasteiger partial charge in [-0.1, -0.05) is 48.0 Å². The summed E-state index contributed by atoms with van der Waals surface area (Å²) in [6.07, 6.45) is 0. The van der Waals surface area contributed by atoms with Crippen molar-refractivity contribution in [2.75, 3.05) is 4.90 Å². The van der Waals surface area contributed by atoms with Crippen molar-refractivity contribution < 1.29 is 4.39 Å². The van der Waals surface area contributed by atoms with Crippen molar-refractivity contribution >= 4 is 44.6 Å². The molecule has 0 bridgehead atoms. The van der Waals surface area contributed by atoms with E-state index in [0.29, 0.717) is 15.2 Å². The average molecular weight is 377 g/mol. The fraction of sp³-hybridized carbons (Fsp3) is 0. The summed E-state index contributed by atoms with van der Waals surface area (Å²) in [5.41, 5.74) is 2.51. The summed E-state index contributed by atoms with van der Waals surface area (Å²) in [7, 11) is 0. The maximum atomic E-state index is 14.1. The number of halogens is 3. The fourth-order valence-electron chi connectivity index (χ4n) is 2.29. The largest absolute Gasteiger partial charge is 0.309 e. The zero-order valence-electron chi connectivity index (χ0n) is 11.5. The number of rotatable bonds is 3. The zero-order valence-corrected chi connectivity index (χ0v) is 13.9. The number of para-hydroxylation sites is 2. The van der Waals surface area contributed by atoms with Gasteiger partial charge >= 0.3 is 0 Å². The van der Waals surface area contributed by atoms with E-state index >= 15 is 0 Å². The van der Waals surface area contributed by atoms with E-state index in [1.54, 1.807) is 6.07 Å². The molecule has 0 heterocycles. The maximum absolute atomic E-state index is 14.1. The lowest BCUT2D eigenvalue weighted by Crippen LogP contribution is -2.11. The molecule has 0 aliphatic rings. The minimum Gasteiger partial charge on any atom is -0.309 e. The second kappa shape index (κ2) is 6.51. The van der Waals surface area contributed by atoms with Gasteiger partial charge in [0.05, 0.1) is 10.2 Å². The van der Waals surface area contributed by atoms with Crippen LogP contribution in [-0.4, -0.2) is 0 Å². The number of hydrogen-bond donors (Lipinski definition) is 0. The molecule has 0 unspecified atom stereocenters. The first-order valence-electron chi connectivity index (χ1n) is 6.71. The minimum atomic E-state index is -0.389. The first-order chi connectivity index (χ1) is 10.7. The van der Waals surface area contributed by atoms with Gasteiger partial charge in [-0.3, -0.25) is 0 Å². The van der Waals surface area contributed by atoms with Gasteiger partial charge in [0.25, 0.3) is 0 Å². The van der Waals surface area contributed by atoms with Crippen LogP contribution in [0.15, 0.2) is 77.3 Å². The molecule has 0 saturated carbocycles. The fourth-order valence-corrected chi connectivity index (χ4v) is 2.89. The van der Waals surface area contributed by atoms with E-state index in [2.05, 4.69) is 15.9 Å². The van der Waals surface area contributed by atoms with Gasteiger partial charge in [0, 0.05) is 16.4 Å². The van der Waals surface area contributed by atoms with E-state index in [1.807, 2.05) is 65.6 Å². The van der Waals surface area contributed by atoms with Gasteiger partial charge in [-0.25, -0.2) is 4.39 Å². The molecule has 0 fully saturated rings. The number of anilines is 3. The molecular weight excluding hydrogens is 365 g/mol. The topological polar surface area (TPSA) is 3.24 Å². The molecule has 3 aromatic rings. The van der Waals surface area contributed by atoms with Crippen LogP contribution in [0.25, 0.3) is 0 Å². The second-order valence-corrected chi connectivity index (χ2v) is 5.96. The Morgan fingerprint density at radius 2 is 1.32 bits per heavy atom. The predicted molar refractivity (Wildman–Crippen MR) is 93.8 cm³/mol. The molecule has 0 saturated heterocycles. The zero-order chi connectivity index (χ0) is 15.5. The standard InChI is InChI=1S/C18H12BrClFN/c19-18-16(21)11-13(20)12-17(18)22(14-7-3-1-4-8-14)15-9-5-2-6-10-15/h1-12H. The molecule has 0 amide bonds. The average Bonchev–Trinajstić information content (AvgIpc) is 2.54. The molecule has 3 aromatic carbocycles. The van der Waals surface area contributed by atoms with Crippen LogP contribution >= 0.6 is 27.5 Å². The molecule has 0 aliphatic heterocycles. The van der Waals surface area contributed by atoms with Crippen molar-refractivity contribution in [3.05, 3.63) is 88.1 Å². The van der Waals surface area contributed by atoms with Crippen LogP contribution in [0.2, 0.25) is 5.02 Å².